The summed E-state index contributed by atoms with van der Waals surface area (Å²) in [4.78, 5) is 12.0. The Morgan fingerprint density at radius 1 is 1.00 bits per heavy atom. The van der Waals surface area contributed by atoms with Gasteiger partial charge in [0.25, 0.3) is 0 Å². The first-order valence-electron chi connectivity index (χ1n) is 14.3. The van der Waals surface area contributed by atoms with Crippen LogP contribution in [0.25, 0.3) is 0 Å². The molecule has 7 atom stereocenters. The monoisotopic (exact) mass is 533 g/mol. The number of aliphatic hydroxyl groups is 1. The molecule has 1 aromatic rings. The van der Waals surface area contributed by atoms with Crippen LogP contribution in [0.4, 0.5) is 0 Å². The number of nitrogens with one attached hydrogen (secondary N) is 1. The summed E-state index contributed by atoms with van der Waals surface area (Å²) in [5.41, 5.74) is 0.577. The zero-order chi connectivity index (χ0) is 26.5. The Morgan fingerprint density at radius 2 is 1.76 bits per heavy atom. The first-order valence-corrected chi connectivity index (χ1v) is 15.2. The third-order valence-corrected chi connectivity index (χ3v) is 11.3. The Labute approximate surface area is 227 Å². The molecule has 7 unspecified atom stereocenters. The molecule has 4 fully saturated rings. The van der Waals surface area contributed by atoms with Crippen LogP contribution in [0.5, 0.6) is 5.75 Å². The van der Waals surface area contributed by atoms with E-state index >= 15 is 0 Å². The fraction of sp³-hybridized carbons (Fsp3) is 0.767. The minimum atomic E-state index is -0.128. The van der Waals surface area contributed by atoms with Gasteiger partial charge in [-0.1, -0.05) is 32.0 Å². The minimum absolute atomic E-state index is 0.0905. The second-order valence-corrected chi connectivity index (χ2v) is 13.1. The molecule has 208 valence electrons. The van der Waals surface area contributed by atoms with E-state index in [9.17, 15) is 9.90 Å². The lowest BCUT2D eigenvalue weighted by Crippen LogP contribution is -2.69. The molecule has 4 aliphatic carbocycles. The predicted octanol–water partition coefficient (Wildman–Crippen LogP) is 6.28. The van der Waals surface area contributed by atoms with Gasteiger partial charge in [-0.25, -0.2) is 5.26 Å². The van der Waals surface area contributed by atoms with Crippen LogP contribution in [0.2, 0.25) is 0 Å². The topological polar surface area (TPSA) is 88.0 Å². The third kappa shape index (κ3) is 5.76. The van der Waals surface area contributed by atoms with Gasteiger partial charge in [0.2, 0.25) is 0 Å². The molecule has 6 nitrogen and oxygen atoms in total. The quantitative estimate of drug-likeness (QED) is 0.157. The van der Waals surface area contributed by atoms with Gasteiger partial charge in [-0.15, -0.1) is 0 Å². The molecule has 0 amide bonds. The highest BCUT2D eigenvalue weighted by atomic mass is 32.2. The summed E-state index contributed by atoms with van der Waals surface area (Å²) < 4.78 is 9.36. The van der Waals surface area contributed by atoms with Crippen LogP contribution < -0.4 is 10.1 Å². The zero-order valence-electron chi connectivity index (χ0n) is 22.9. The van der Waals surface area contributed by atoms with Gasteiger partial charge in [0.15, 0.2) is 0 Å². The molecule has 0 heterocycles. The van der Waals surface area contributed by atoms with Crippen molar-refractivity contribution < 1.29 is 24.2 Å². The lowest BCUT2D eigenvalue weighted by molar-refractivity contribution is -0.155. The minimum Gasteiger partial charge on any atom is -0.494 e. The molecule has 5 rings (SSSR count). The van der Waals surface area contributed by atoms with Gasteiger partial charge in [0.1, 0.15) is 11.5 Å². The van der Waals surface area contributed by atoms with E-state index in [4.69, 9.17) is 9.99 Å². The number of rotatable bonds is 8. The number of hydrogen-bond acceptors (Lipinski definition) is 7. The number of carbonyl (C=O) groups is 1. The highest BCUT2D eigenvalue weighted by molar-refractivity contribution is 7.94. The van der Waals surface area contributed by atoms with E-state index in [-0.39, 0.29) is 17.1 Å². The largest absolute Gasteiger partial charge is 0.494 e. The molecule has 3 N–H and O–H groups in total. The fourth-order valence-electron chi connectivity index (χ4n) is 8.63. The van der Waals surface area contributed by atoms with Crippen molar-refractivity contribution in [3.8, 4) is 5.75 Å². The molecule has 0 aliphatic heterocycles. The van der Waals surface area contributed by atoms with E-state index < -0.39 is 0 Å². The molecule has 0 aromatic heterocycles. The molecule has 7 heteroatoms. The van der Waals surface area contributed by atoms with Crippen LogP contribution >= 0.6 is 12.0 Å². The summed E-state index contributed by atoms with van der Waals surface area (Å²) >= 11 is 1.05. The highest BCUT2D eigenvalue weighted by Crippen LogP contribution is 2.67. The van der Waals surface area contributed by atoms with Gasteiger partial charge >= 0.3 is 0 Å². The van der Waals surface area contributed by atoms with Crippen molar-refractivity contribution in [1.82, 2.24) is 5.32 Å². The predicted molar refractivity (Wildman–Crippen MR) is 148 cm³/mol. The molecule has 1 aromatic carbocycles. The van der Waals surface area contributed by atoms with Crippen LogP contribution in [0.3, 0.4) is 0 Å². The molecule has 4 saturated carbocycles. The summed E-state index contributed by atoms with van der Waals surface area (Å²) in [6.45, 7) is 5.52. The summed E-state index contributed by atoms with van der Waals surface area (Å²) in [5, 5.41) is 22.5. The van der Waals surface area contributed by atoms with Crippen molar-refractivity contribution in [2.45, 2.75) is 96.1 Å². The average Bonchev–Trinajstić information content (AvgIpc) is 3.22. The van der Waals surface area contributed by atoms with E-state index in [1.54, 1.807) is 0 Å². The second-order valence-electron chi connectivity index (χ2n) is 12.3. The SMILES string of the molecule is CNC12CCC3CC(=O)CCC3(C)C1CCC1(C)C(O)CCC12.OOSCCCCOc1ccccc1. The Balaban J connectivity index is 0.000000197. The summed E-state index contributed by atoms with van der Waals surface area (Å²) in [5.74, 6) is 4.01. The summed E-state index contributed by atoms with van der Waals surface area (Å²) in [7, 11) is 2.15. The molecular formula is C30H47NO5S. The number of ether oxygens (including phenoxy) is 1. The Morgan fingerprint density at radius 3 is 2.49 bits per heavy atom. The number of ketones is 1. The maximum Gasteiger partial charge on any atom is 0.133 e. The normalized spacial score (nSPS) is 38.6. The van der Waals surface area contributed by atoms with Crippen molar-refractivity contribution in [2.75, 3.05) is 19.4 Å². The Hall–Kier alpha value is -1.12. The molecule has 0 spiro atoms. The number of carbonyl (C=O) groups excluding carboxylic acids is 1. The Bertz CT molecular complexity index is 886. The molecule has 0 saturated heterocycles. The number of fused-ring (bicyclic) bond motifs is 5. The molecule has 0 radical (unpaired) electrons. The summed E-state index contributed by atoms with van der Waals surface area (Å²) in [6, 6.07) is 9.73. The molecule has 37 heavy (non-hydrogen) atoms. The summed E-state index contributed by atoms with van der Waals surface area (Å²) in [6.07, 6.45) is 11.4. The van der Waals surface area contributed by atoms with Crippen LogP contribution in [-0.2, 0) is 9.13 Å². The van der Waals surface area contributed by atoms with Crippen LogP contribution in [0.15, 0.2) is 30.3 Å². The first kappa shape index (κ1) is 28.9. The zero-order valence-corrected chi connectivity index (χ0v) is 23.7. The number of benzene rings is 1. The maximum atomic E-state index is 12.0. The molecular weight excluding hydrogens is 486 g/mol. The fourth-order valence-corrected chi connectivity index (χ4v) is 9.03. The number of unbranched alkanes of at least 4 members (excludes halogenated alkanes) is 1. The van der Waals surface area contributed by atoms with Crippen molar-refractivity contribution in [3.63, 3.8) is 0 Å². The van der Waals surface area contributed by atoms with Gasteiger partial charge in [0.05, 0.1) is 12.7 Å². The van der Waals surface area contributed by atoms with Gasteiger partial charge in [-0.3, -0.25) is 4.79 Å². The molecule has 0 bridgehead atoms. The van der Waals surface area contributed by atoms with Crippen molar-refractivity contribution in [2.24, 2.45) is 28.6 Å². The van der Waals surface area contributed by atoms with Crippen molar-refractivity contribution >= 4 is 17.8 Å². The average molecular weight is 534 g/mol. The number of hydrogen-bond donors (Lipinski definition) is 3. The lowest BCUT2D eigenvalue weighted by Gasteiger charge is -2.66. The van der Waals surface area contributed by atoms with E-state index in [1.807, 2.05) is 30.3 Å². The van der Waals surface area contributed by atoms with Crippen LogP contribution in [-0.4, -0.2) is 47.2 Å². The Kier molecular flexibility index (Phi) is 9.66. The van der Waals surface area contributed by atoms with E-state index in [0.29, 0.717) is 35.6 Å². The maximum absolute atomic E-state index is 12.0. The third-order valence-electron chi connectivity index (χ3n) is 10.7. The standard InChI is InChI=1S/C20H33NO2.C10H14O3S/c1-18-9-7-14(22)12-13(18)6-11-20(21-3)15-4-5-17(23)19(15,2)10-8-16(18)20;11-13-14-9-5-4-8-12-10-6-2-1-3-7-10/h13,15-17,21,23H,4-12H2,1-3H3;1-3,6-7,11H,4-5,8-9H2. The lowest BCUT2D eigenvalue weighted by atomic mass is 9.42. The van der Waals surface area contributed by atoms with E-state index in [0.717, 1.165) is 74.9 Å². The number of Topliss-reactive ketones (excluding diaryl/α,β-unsaturated/α-hetero) is 1. The highest BCUT2D eigenvalue weighted by Gasteiger charge is 2.66. The first-order chi connectivity index (χ1) is 17.8. The van der Waals surface area contributed by atoms with Crippen molar-refractivity contribution in [3.05, 3.63) is 30.3 Å². The second kappa shape index (κ2) is 12.4. The van der Waals surface area contributed by atoms with E-state index in [2.05, 4.69) is 30.5 Å². The van der Waals surface area contributed by atoms with Gasteiger partial charge in [-0.05, 0) is 106 Å². The van der Waals surface area contributed by atoms with Crippen LogP contribution in [0, 0.1) is 28.6 Å². The number of para-hydroxylation sites is 1. The van der Waals surface area contributed by atoms with E-state index in [1.165, 1.54) is 19.3 Å². The van der Waals surface area contributed by atoms with Gasteiger partial charge in [0, 0.05) is 36.2 Å². The number of aliphatic hydroxyl groups excluding tert-OH is 1. The van der Waals surface area contributed by atoms with Gasteiger partial charge < -0.3 is 15.2 Å². The van der Waals surface area contributed by atoms with Crippen molar-refractivity contribution in [1.29, 1.82) is 0 Å². The van der Waals surface area contributed by atoms with Gasteiger partial charge in [-0.2, -0.15) is 4.33 Å². The van der Waals surface area contributed by atoms with Crippen LogP contribution in [0.1, 0.15) is 84.5 Å². The smallest absolute Gasteiger partial charge is 0.133 e. The molecule has 4 aliphatic rings.